The Morgan fingerprint density at radius 2 is 1.68 bits per heavy atom. The molecule has 0 radical (unpaired) electrons. The van der Waals surface area contributed by atoms with Gasteiger partial charge in [0.05, 0.1) is 17.0 Å². The second-order valence-electron chi connectivity index (χ2n) is 9.68. The van der Waals surface area contributed by atoms with Crippen LogP contribution >= 0.6 is 39.1 Å². The summed E-state index contributed by atoms with van der Waals surface area (Å²) in [6.07, 6.45) is 2.41. The molecule has 7 nitrogen and oxygen atoms in total. The van der Waals surface area contributed by atoms with E-state index in [1.54, 1.807) is 11.0 Å². The summed E-state index contributed by atoms with van der Waals surface area (Å²) in [5.41, 5.74) is 2.04. The van der Waals surface area contributed by atoms with E-state index in [0.29, 0.717) is 18.0 Å². The lowest BCUT2D eigenvalue weighted by Gasteiger charge is -2.32. The molecule has 3 rings (SSSR count). The van der Waals surface area contributed by atoms with E-state index in [4.69, 9.17) is 23.2 Å². The molecule has 0 saturated heterocycles. The highest BCUT2D eigenvalue weighted by Gasteiger charge is 2.30. The molecule has 0 aliphatic heterocycles. The van der Waals surface area contributed by atoms with E-state index in [2.05, 4.69) is 21.2 Å². The van der Waals surface area contributed by atoms with Gasteiger partial charge in [0.15, 0.2) is 0 Å². The Morgan fingerprint density at radius 3 is 2.34 bits per heavy atom. The molecule has 0 heterocycles. The predicted molar refractivity (Wildman–Crippen MR) is 170 cm³/mol. The Kier molecular flexibility index (Phi) is 12.5. The first-order chi connectivity index (χ1) is 19.5. The topological polar surface area (TPSA) is 86.8 Å². The number of sulfonamides is 1. The standard InChI is InChI=1S/C30H34BrCl2N3O4S/c1-3-16-34-30(38)28(19-22-9-5-4-6-10-22)35(21-23-11-7-12-24(31)18-23)29(37)13-8-17-36(41(2,39)40)27-20-25(32)14-15-26(27)33/h4-7,9-12,14-15,18,20,28H,3,8,13,16-17,19,21H2,1-2H3,(H,34,38). The maximum atomic E-state index is 13.9. The third kappa shape index (κ3) is 10.0. The molecule has 0 saturated carbocycles. The molecular weight excluding hydrogens is 649 g/mol. The molecule has 3 aromatic rings. The van der Waals surface area contributed by atoms with Gasteiger partial charge in [-0.25, -0.2) is 8.42 Å². The van der Waals surface area contributed by atoms with E-state index in [1.165, 1.54) is 12.1 Å². The van der Waals surface area contributed by atoms with Gasteiger partial charge >= 0.3 is 0 Å². The molecule has 0 spiro atoms. The van der Waals surface area contributed by atoms with Gasteiger partial charge in [-0.2, -0.15) is 0 Å². The van der Waals surface area contributed by atoms with E-state index in [-0.39, 0.29) is 48.5 Å². The van der Waals surface area contributed by atoms with Gasteiger partial charge in [-0.05, 0) is 54.3 Å². The van der Waals surface area contributed by atoms with Crippen LogP contribution in [0.2, 0.25) is 10.0 Å². The molecule has 0 bridgehead atoms. The molecule has 1 unspecified atom stereocenters. The van der Waals surface area contributed by atoms with Gasteiger partial charge in [0.1, 0.15) is 6.04 Å². The molecule has 220 valence electrons. The van der Waals surface area contributed by atoms with Crippen molar-refractivity contribution in [3.63, 3.8) is 0 Å². The largest absolute Gasteiger partial charge is 0.354 e. The molecule has 0 aliphatic carbocycles. The van der Waals surface area contributed by atoms with Crippen molar-refractivity contribution in [1.29, 1.82) is 0 Å². The Balaban J connectivity index is 1.89. The van der Waals surface area contributed by atoms with Gasteiger partial charge in [0.2, 0.25) is 21.8 Å². The molecule has 3 aromatic carbocycles. The van der Waals surface area contributed by atoms with E-state index in [0.717, 1.165) is 32.6 Å². The Bertz CT molecular complexity index is 1440. The van der Waals surface area contributed by atoms with E-state index >= 15 is 0 Å². The zero-order valence-electron chi connectivity index (χ0n) is 23.0. The quantitative estimate of drug-likeness (QED) is 0.211. The van der Waals surface area contributed by atoms with Crippen molar-refractivity contribution in [2.45, 2.75) is 45.2 Å². The minimum atomic E-state index is -3.71. The van der Waals surface area contributed by atoms with Crippen LogP contribution in [0.25, 0.3) is 0 Å². The summed E-state index contributed by atoms with van der Waals surface area (Å²) < 4.78 is 27.3. The molecule has 0 fully saturated rings. The number of hydrogen-bond acceptors (Lipinski definition) is 4. The molecule has 11 heteroatoms. The van der Waals surface area contributed by atoms with Crippen molar-refractivity contribution >= 4 is 66.7 Å². The number of nitrogens with one attached hydrogen (secondary N) is 1. The zero-order valence-corrected chi connectivity index (χ0v) is 26.9. The van der Waals surface area contributed by atoms with Crippen LogP contribution in [0.3, 0.4) is 0 Å². The van der Waals surface area contributed by atoms with Crippen LogP contribution in [0, 0.1) is 0 Å². The number of benzene rings is 3. The third-order valence-electron chi connectivity index (χ3n) is 6.39. The summed E-state index contributed by atoms with van der Waals surface area (Å²) in [6.45, 7) is 2.69. The van der Waals surface area contributed by atoms with Crippen LogP contribution in [0.4, 0.5) is 5.69 Å². The molecule has 1 N–H and O–H groups in total. The van der Waals surface area contributed by atoms with Crippen LogP contribution < -0.4 is 9.62 Å². The normalized spacial score (nSPS) is 12.0. The highest BCUT2D eigenvalue weighted by Crippen LogP contribution is 2.31. The Morgan fingerprint density at radius 1 is 0.976 bits per heavy atom. The summed E-state index contributed by atoms with van der Waals surface area (Å²) in [5, 5.41) is 3.53. The van der Waals surface area contributed by atoms with Crippen molar-refractivity contribution in [1.82, 2.24) is 10.2 Å². The minimum Gasteiger partial charge on any atom is -0.354 e. The van der Waals surface area contributed by atoms with Crippen LogP contribution in [-0.2, 0) is 32.6 Å². The SMILES string of the molecule is CCCNC(=O)C(Cc1ccccc1)N(Cc1cccc(Br)c1)C(=O)CCCN(c1cc(Cl)ccc1Cl)S(C)(=O)=O. The average Bonchev–Trinajstić information content (AvgIpc) is 2.93. The fourth-order valence-corrected chi connectivity index (χ4v) is 6.26. The number of carbonyl (C=O) groups is 2. The fraction of sp³-hybridized carbons (Fsp3) is 0.333. The monoisotopic (exact) mass is 681 g/mol. The number of nitrogens with zero attached hydrogens (tertiary/aromatic N) is 2. The minimum absolute atomic E-state index is 0.0146. The Hall–Kier alpha value is -2.59. The van der Waals surface area contributed by atoms with Crippen LogP contribution in [0.5, 0.6) is 0 Å². The number of hydrogen-bond donors (Lipinski definition) is 1. The predicted octanol–water partition coefficient (Wildman–Crippen LogP) is 6.47. The molecule has 0 aromatic heterocycles. The van der Waals surface area contributed by atoms with Crippen molar-refractivity contribution in [3.8, 4) is 0 Å². The van der Waals surface area contributed by atoms with Gasteiger partial charge in [-0.3, -0.25) is 13.9 Å². The van der Waals surface area contributed by atoms with Gasteiger partial charge in [-0.1, -0.05) is 88.5 Å². The third-order valence-corrected chi connectivity index (χ3v) is 8.62. The van der Waals surface area contributed by atoms with E-state index in [9.17, 15) is 18.0 Å². The fourth-order valence-electron chi connectivity index (χ4n) is 4.41. The molecule has 0 aliphatic rings. The second-order valence-corrected chi connectivity index (χ2v) is 13.3. The lowest BCUT2D eigenvalue weighted by molar-refractivity contribution is -0.141. The van der Waals surface area contributed by atoms with Crippen LogP contribution in [0.15, 0.2) is 77.3 Å². The first kappa shape index (κ1) is 32.9. The highest BCUT2D eigenvalue weighted by molar-refractivity contribution is 9.10. The molecule has 2 amide bonds. The van der Waals surface area contributed by atoms with Crippen molar-refractivity contribution < 1.29 is 18.0 Å². The van der Waals surface area contributed by atoms with E-state index in [1.807, 2.05) is 61.5 Å². The average molecular weight is 683 g/mol. The number of carbonyl (C=O) groups excluding carboxylic acids is 2. The maximum absolute atomic E-state index is 13.9. The number of rotatable bonds is 14. The number of amides is 2. The number of halogens is 3. The van der Waals surface area contributed by atoms with Gasteiger partial charge in [0.25, 0.3) is 0 Å². The summed E-state index contributed by atoms with van der Waals surface area (Å²) in [7, 11) is -3.71. The van der Waals surface area contributed by atoms with E-state index < -0.39 is 16.1 Å². The molecular formula is C30H34BrCl2N3O4S. The van der Waals surface area contributed by atoms with Gasteiger partial charge in [0, 0.05) is 42.0 Å². The van der Waals surface area contributed by atoms with Crippen molar-refractivity contribution in [3.05, 3.63) is 98.4 Å². The lowest BCUT2D eigenvalue weighted by Crippen LogP contribution is -2.50. The summed E-state index contributed by atoms with van der Waals surface area (Å²) in [5.74, 6) is -0.495. The first-order valence-electron chi connectivity index (χ1n) is 13.3. The van der Waals surface area contributed by atoms with Crippen LogP contribution in [0.1, 0.15) is 37.3 Å². The van der Waals surface area contributed by atoms with Crippen molar-refractivity contribution in [2.24, 2.45) is 0 Å². The van der Waals surface area contributed by atoms with Gasteiger partial charge in [-0.15, -0.1) is 0 Å². The van der Waals surface area contributed by atoms with Gasteiger partial charge < -0.3 is 10.2 Å². The summed E-state index contributed by atoms with van der Waals surface area (Å²) in [4.78, 5) is 28.9. The smallest absolute Gasteiger partial charge is 0.243 e. The lowest BCUT2D eigenvalue weighted by atomic mass is 10.0. The molecule has 1 atom stereocenters. The number of anilines is 1. The maximum Gasteiger partial charge on any atom is 0.243 e. The molecule has 41 heavy (non-hydrogen) atoms. The second kappa shape index (κ2) is 15.6. The first-order valence-corrected chi connectivity index (χ1v) is 16.7. The highest BCUT2D eigenvalue weighted by atomic mass is 79.9. The summed E-state index contributed by atoms with van der Waals surface area (Å²) in [6, 6.07) is 21.0. The van der Waals surface area contributed by atoms with Crippen LogP contribution in [-0.4, -0.2) is 50.5 Å². The Labute approximate surface area is 261 Å². The zero-order chi connectivity index (χ0) is 30.0. The van der Waals surface area contributed by atoms with Crippen molar-refractivity contribution in [2.75, 3.05) is 23.7 Å². The summed E-state index contributed by atoms with van der Waals surface area (Å²) >= 11 is 15.9.